The van der Waals surface area contributed by atoms with Crippen molar-refractivity contribution in [3.63, 3.8) is 0 Å². The topological polar surface area (TPSA) is 74.5 Å². The van der Waals surface area contributed by atoms with E-state index in [1.54, 1.807) is 12.1 Å². The number of hydrogen-bond donors (Lipinski definition) is 1. The minimum atomic E-state index is -0.167. The summed E-state index contributed by atoms with van der Waals surface area (Å²) in [6.07, 6.45) is 3.35. The molecule has 7 heteroatoms. The molecule has 4 rings (SSSR count). The quantitative estimate of drug-likeness (QED) is 0.755. The van der Waals surface area contributed by atoms with Crippen LogP contribution < -0.4 is 10.2 Å². The van der Waals surface area contributed by atoms with Gasteiger partial charge in [-0.15, -0.1) is 0 Å². The number of nitrogens with one attached hydrogen (secondary N) is 1. The maximum absolute atomic E-state index is 11.8. The molecule has 1 fully saturated rings. The molecule has 1 aliphatic heterocycles. The van der Waals surface area contributed by atoms with Crippen molar-refractivity contribution in [1.29, 1.82) is 0 Å². The Bertz CT molecular complexity index is 873. The molecule has 0 saturated carbocycles. The molecule has 1 aliphatic rings. The zero-order valence-corrected chi connectivity index (χ0v) is 14.5. The van der Waals surface area contributed by atoms with E-state index < -0.39 is 0 Å². The van der Waals surface area contributed by atoms with Crippen LogP contribution in [0.25, 0.3) is 11.0 Å². The Balaban J connectivity index is 1.26. The van der Waals surface area contributed by atoms with Gasteiger partial charge in [0.2, 0.25) is 0 Å². The summed E-state index contributed by atoms with van der Waals surface area (Å²) in [6.45, 7) is 5.10. The van der Waals surface area contributed by atoms with Gasteiger partial charge in [-0.1, -0.05) is 12.1 Å². The standard InChI is InChI=1S/C19H21N5O2/c25-19(17-6-3-13-26-17)20-7-8-23-9-11-24(12-10-23)18-14-21-15-4-1-2-5-16(15)22-18/h1-6,13-14H,7-12H2,(H,20,25). The first-order chi connectivity index (χ1) is 12.8. The van der Waals surface area contributed by atoms with E-state index in [9.17, 15) is 4.79 Å². The first-order valence-corrected chi connectivity index (χ1v) is 8.80. The average Bonchev–Trinajstić information content (AvgIpc) is 3.23. The Morgan fingerprint density at radius 2 is 1.88 bits per heavy atom. The van der Waals surface area contributed by atoms with Gasteiger partial charge in [-0.3, -0.25) is 14.7 Å². The van der Waals surface area contributed by atoms with Crippen LogP contribution in [0.3, 0.4) is 0 Å². The number of fused-ring (bicyclic) bond motifs is 1. The second-order valence-electron chi connectivity index (χ2n) is 6.28. The number of para-hydroxylation sites is 2. The number of aromatic nitrogens is 2. The van der Waals surface area contributed by atoms with Crippen LogP contribution in [0.15, 0.2) is 53.3 Å². The van der Waals surface area contributed by atoms with Crippen LogP contribution in [-0.2, 0) is 0 Å². The lowest BCUT2D eigenvalue weighted by Gasteiger charge is -2.35. The van der Waals surface area contributed by atoms with Crippen molar-refractivity contribution in [1.82, 2.24) is 20.2 Å². The first-order valence-electron chi connectivity index (χ1n) is 8.80. The Hall–Kier alpha value is -2.93. The minimum absolute atomic E-state index is 0.167. The van der Waals surface area contributed by atoms with Crippen LogP contribution in [0, 0.1) is 0 Å². The second-order valence-corrected chi connectivity index (χ2v) is 6.28. The number of carbonyl (C=O) groups excluding carboxylic acids is 1. The summed E-state index contributed by atoms with van der Waals surface area (Å²) >= 11 is 0. The maximum Gasteiger partial charge on any atom is 0.287 e. The maximum atomic E-state index is 11.8. The van der Waals surface area contributed by atoms with E-state index in [4.69, 9.17) is 9.40 Å². The minimum Gasteiger partial charge on any atom is -0.459 e. The lowest BCUT2D eigenvalue weighted by Crippen LogP contribution is -2.48. The second kappa shape index (κ2) is 7.53. The van der Waals surface area contributed by atoms with E-state index >= 15 is 0 Å². The Labute approximate surface area is 151 Å². The summed E-state index contributed by atoms with van der Waals surface area (Å²) in [5.74, 6) is 1.11. The third kappa shape index (κ3) is 3.67. The molecule has 2 aromatic heterocycles. The molecule has 0 aliphatic carbocycles. The van der Waals surface area contributed by atoms with Gasteiger partial charge >= 0.3 is 0 Å². The van der Waals surface area contributed by atoms with Crippen molar-refractivity contribution < 1.29 is 9.21 Å². The molecular weight excluding hydrogens is 330 g/mol. The molecule has 3 aromatic rings. The highest BCUT2D eigenvalue weighted by Gasteiger charge is 2.18. The molecule has 0 bridgehead atoms. The van der Waals surface area contributed by atoms with Crippen LogP contribution in [0.5, 0.6) is 0 Å². The fraction of sp³-hybridized carbons (Fsp3) is 0.316. The molecule has 1 aromatic carbocycles. The molecule has 0 unspecified atom stereocenters. The number of furan rings is 1. The lowest BCUT2D eigenvalue weighted by molar-refractivity contribution is 0.0920. The number of piperazine rings is 1. The summed E-state index contributed by atoms with van der Waals surface area (Å²) < 4.78 is 5.09. The van der Waals surface area contributed by atoms with Crippen molar-refractivity contribution >= 4 is 22.8 Å². The number of rotatable bonds is 5. The molecule has 134 valence electrons. The molecule has 0 spiro atoms. The highest BCUT2D eigenvalue weighted by atomic mass is 16.3. The predicted molar refractivity (Wildman–Crippen MR) is 99.2 cm³/mol. The van der Waals surface area contributed by atoms with E-state index in [1.807, 2.05) is 30.5 Å². The summed E-state index contributed by atoms with van der Waals surface area (Å²) in [7, 11) is 0. The summed E-state index contributed by atoms with van der Waals surface area (Å²) in [5, 5.41) is 2.89. The van der Waals surface area contributed by atoms with Gasteiger partial charge in [-0.25, -0.2) is 4.98 Å². The zero-order chi connectivity index (χ0) is 17.8. The van der Waals surface area contributed by atoms with Gasteiger partial charge in [0.15, 0.2) is 5.76 Å². The van der Waals surface area contributed by atoms with Crippen molar-refractivity contribution in [2.24, 2.45) is 0 Å². The summed E-state index contributed by atoms with van der Waals surface area (Å²) in [6, 6.07) is 11.3. The van der Waals surface area contributed by atoms with Crippen LogP contribution >= 0.6 is 0 Å². The Morgan fingerprint density at radius 1 is 1.08 bits per heavy atom. The van der Waals surface area contributed by atoms with Crippen LogP contribution in [0.4, 0.5) is 5.82 Å². The molecule has 3 heterocycles. The van der Waals surface area contributed by atoms with Gasteiger partial charge in [-0.2, -0.15) is 0 Å². The monoisotopic (exact) mass is 351 g/mol. The third-order valence-corrected chi connectivity index (χ3v) is 4.59. The number of nitrogens with zero attached hydrogens (tertiary/aromatic N) is 4. The van der Waals surface area contributed by atoms with Crippen molar-refractivity contribution in [2.45, 2.75) is 0 Å². The van der Waals surface area contributed by atoms with Crippen LogP contribution in [0.2, 0.25) is 0 Å². The van der Waals surface area contributed by atoms with Crippen LogP contribution in [-0.4, -0.2) is 60.0 Å². The van der Waals surface area contributed by atoms with Crippen molar-refractivity contribution in [2.75, 3.05) is 44.2 Å². The Morgan fingerprint density at radius 3 is 2.65 bits per heavy atom. The average molecular weight is 351 g/mol. The van der Waals surface area contributed by atoms with Gasteiger partial charge in [-0.05, 0) is 24.3 Å². The van der Waals surface area contributed by atoms with Gasteiger partial charge in [0.1, 0.15) is 5.82 Å². The van der Waals surface area contributed by atoms with E-state index in [0.717, 1.165) is 49.6 Å². The number of amides is 1. The highest BCUT2D eigenvalue weighted by molar-refractivity contribution is 5.91. The van der Waals surface area contributed by atoms with Gasteiger partial charge < -0.3 is 14.6 Å². The van der Waals surface area contributed by atoms with Gasteiger partial charge in [0.05, 0.1) is 23.5 Å². The first kappa shape index (κ1) is 16.5. The van der Waals surface area contributed by atoms with E-state index in [2.05, 4.69) is 20.1 Å². The Kier molecular flexibility index (Phi) is 4.79. The number of hydrogen-bond acceptors (Lipinski definition) is 6. The zero-order valence-electron chi connectivity index (χ0n) is 14.5. The molecule has 0 atom stereocenters. The highest BCUT2D eigenvalue weighted by Crippen LogP contribution is 2.16. The molecule has 1 amide bonds. The van der Waals surface area contributed by atoms with E-state index in [-0.39, 0.29) is 5.91 Å². The fourth-order valence-electron chi connectivity index (χ4n) is 3.12. The molecule has 1 N–H and O–H groups in total. The lowest BCUT2D eigenvalue weighted by atomic mass is 10.3. The summed E-state index contributed by atoms with van der Waals surface area (Å²) in [5.41, 5.74) is 1.84. The number of carbonyl (C=O) groups is 1. The predicted octanol–water partition coefficient (Wildman–Crippen LogP) is 1.77. The van der Waals surface area contributed by atoms with Gasteiger partial charge in [0, 0.05) is 39.3 Å². The van der Waals surface area contributed by atoms with Crippen molar-refractivity contribution in [3.8, 4) is 0 Å². The van der Waals surface area contributed by atoms with E-state index in [1.165, 1.54) is 6.26 Å². The molecule has 7 nitrogen and oxygen atoms in total. The number of benzene rings is 1. The normalized spacial score (nSPS) is 15.3. The van der Waals surface area contributed by atoms with Crippen molar-refractivity contribution in [3.05, 3.63) is 54.6 Å². The van der Waals surface area contributed by atoms with Gasteiger partial charge in [0.25, 0.3) is 5.91 Å². The molecule has 1 saturated heterocycles. The SMILES string of the molecule is O=C(NCCN1CCN(c2cnc3ccccc3n2)CC1)c1ccco1. The summed E-state index contributed by atoms with van der Waals surface area (Å²) in [4.78, 5) is 25.7. The molecular formula is C19H21N5O2. The molecule has 26 heavy (non-hydrogen) atoms. The third-order valence-electron chi connectivity index (χ3n) is 4.59. The molecule has 0 radical (unpaired) electrons. The smallest absolute Gasteiger partial charge is 0.287 e. The largest absolute Gasteiger partial charge is 0.459 e. The number of anilines is 1. The fourth-order valence-corrected chi connectivity index (χ4v) is 3.12. The van der Waals surface area contributed by atoms with Crippen LogP contribution in [0.1, 0.15) is 10.6 Å². The van der Waals surface area contributed by atoms with E-state index in [0.29, 0.717) is 12.3 Å².